The standard InChI is InChI=1S/C17H19NO6S/c1-5-24-16(20)10(2)18-15(19)14(25-17(18)21)8-11-6-7-12(22-3)9-13(11)23-4/h6-10H,5H2,1-4H3/b14-8+/t10-/m1/s1. The number of carbonyl (C=O) groups is 3. The van der Waals surface area contributed by atoms with Gasteiger partial charge < -0.3 is 14.2 Å². The van der Waals surface area contributed by atoms with Crippen LogP contribution >= 0.6 is 11.8 Å². The molecule has 1 saturated heterocycles. The molecule has 2 rings (SSSR count). The molecule has 1 aromatic rings. The van der Waals surface area contributed by atoms with Crippen molar-refractivity contribution in [2.45, 2.75) is 19.9 Å². The van der Waals surface area contributed by atoms with E-state index in [0.29, 0.717) is 17.1 Å². The Hall–Kier alpha value is -2.48. The molecule has 7 nitrogen and oxygen atoms in total. The summed E-state index contributed by atoms with van der Waals surface area (Å²) >= 11 is 0.774. The quantitative estimate of drug-likeness (QED) is 0.566. The molecule has 1 aromatic carbocycles. The number of carbonyl (C=O) groups excluding carboxylic acids is 3. The summed E-state index contributed by atoms with van der Waals surface area (Å²) in [5.74, 6) is -0.0378. The Kier molecular flexibility index (Phi) is 6.08. The summed E-state index contributed by atoms with van der Waals surface area (Å²) in [6.45, 7) is 3.30. The Morgan fingerprint density at radius 2 is 2.00 bits per heavy atom. The van der Waals surface area contributed by atoms with E-state index in [4.69, 9.17) is 14.2 Å². The average molecular weight is 365 g/mol. The number of rotatable bonds is 6. The number of ether oxygens (including phenoxy) is 3. The normalized spacial score (nSPS) is 17.0. The van der Waals surface area contributed by atoms with Gasteiger partial charge in [0.05, 0.1) is 25.7 Å². The van der Waals surface area contributed by atoms with Gasteiger partial charge in [-0.3, -0.25) is 14.5 Å². The Labute approximate surface area is 149 Å². The number of esters is 1. The van der Waals surface area contributed by atoms with Crippen molar-refractivity contribution in [2.24, 2.45) is 0 Å². The molecule has 0 unspecified atom stereocenters. The lowest BCUT2D eigenvalue weighted by Crippen LogP contribution is -2.42. The third kappa shape index (κ3) is 3.96. The van der Waals surface area contributed by atoms with Crippen LogP contribution in [0.15, 0.2) is 23.1 Å². The van der Waals surface area contributed by atoms with Crippen molar-refractivity contribution < 1.29 is 28.6 Å². The number of thioether (sulfide) groups is 1. The maximum Gasteiger partial charge on any atom is 0.329 e. The van der Waals surface area contributed by atoms with Crippen LogP contribution in [0.1, 0.15) is 19.4 Å². The highest BCUT2D eigenvalue weighted by Crippen LogP contribution is 2.36. The van der Waals surface area contributed by atoms with Crippen molar-refractivity contribution in [3.05, 3.63) is 28.7 Å². The number of nitrogens with zero attached hydrogens (tertiary/aromatic N) is 1. The Morgan fingerprint density at radius 3 is 2.60 bits per heavy atom. The van der Waals surface area contributed by atoms with E-state index >= 15 is 0 Å². The van der Waals surface area contributed by atoms with Gasteiger partial charge in [0.15, 0.2) is 0 Å². The summed E-state index contributed by atoms with van der Waals surface area (Å²) in [5, 5.41) is -0.510. The zero-order valence-corrected chi connectivity index (χ0v) is 15.2. The minimum Gasteiger partial charge on any atom is -0.497 e. The van der Waals surface area contributed by atoms with E-state index < -0.39 is 23.2 Å². The molecule has 1 atom stereocenters. The average Bonchev–Trinajstić information content (AvgIpc) is 2.88. The van der Waals surface area contributed by atoms with E-state index in [-0.39, 0.29) is 11.5 Å². The Bertz CT molecular complexity index is 730. The molecule has 0 aromatic heterocycles. The van der Waals surface area contributed by atoms with Crippen molar-refractivity contribution in [3.8, 4) is 11.5 Å². The van der Waals surface area contributed by atoms with Gasteiger partial charge >= 0.3 is 5.97 Å². The second kappa shape index (κ2) is 8.06. The third-order valence-electron chi connectivity index (χ3n) is 3.57. The van der Waals surface area contributed by atoms with Crippen LogP contribution in [-0.4, -0.2) is 48.9 Å². The highest BCUT2D eigenvalue weighted by molar-refractivity contribution is 8.18. The Morgan fingerprint density at radius 1 is 1.28 bits per heavy atom. The molecule has 0 spiro atoms. The highest BCUT2D eigenvalue weighted by Gasteiger charge is 2.41. The summed E-state index contributed by atoms with van der Waals surface area (Å²) in [5.41, 5.74) is 0.623. The van der Waals surface area contributed by atoms with Gasteiger partial charge in [-0.2, -0.15) is 0 Å². The molecular weight excluding hydrogens is 346 g/mol. The van der Waals surface area contributed by atoms with Crippen LogP contribution in [0.3, 0.4) is 0 Å². The molecule has 1 aliphatic rings. The molecule has 0 N–H and O–H groups in total. The largest absolute Gasteiger partial charge is 0.497 e. The van der Waals surface area contributed by atoms with Crippen LogP contribution in [0.25, 0.3) is 6.08 Å². The van der Waals surface area contributed by atoms with Crippen LogP contribution in [0.2, 0.25) is 0 Å². The second-order valence-electron chi connectivity index (χ2n) is 5.09. The minimum absolute atomic E-state index is 0.179. The molecular formula is C17H19NO6S. The van der Waals surface area contributed by atoms with Crippen LogP contribution in [-0.2, 0) is 14.3 Å². The van der Waals surface area contributed by atoms with Gasteiger partial charge in [0.25, 0.3) is 11.1 Å². The lowest BCUT2D eigenvalue weighted by molar-refractivity contribution is -0.150. The summed E-state index contributed by atoms with van der Waals surface area (Å²) in [6, 6.07) is 4.15. The van der Waals surface area contributed by atoms with Crippen molar-refractivity contribution in [1.29, 1.82) is 0 Å². The molecule has 25 heavy (non-hydrogen) atoms. The molecule has 1 fully saturated rings. The number of hydrogen-bond acceptors (Lipinski definition) is 7. The zero-order chi connectivity index (χ0) is 18.6. The fourth-order valence-electron chi connectivity index (χ4n) is 2.26. The molecule has 0 aliphatic carbocycles. The van der Waals surface area contributed by atoms with Gasteiger partial charge in [0, 0.05) is 11.6 Å². The van der Waals surface area contributed by atoms with Gasteiger partial charge in [-0.25, -0.2) is 4.79 Å². The van der Waals surface area contributed by atoms with Crippen LogP contribution in [0, 0.1) is 0 Å². The topological polar surface area (TPSA) is 82.1 Å². The fraction of sp³-hybridized carbons (Fsp3) is 0.353. The summed E-state index contributed by atoms with van der Waals surface area (Å²) in [7, 11) is 3.04. The summed E-state index contributed by atoms with van der Waals surface area (Å²) in [6.07, 6.45) is 1.56. The van der Waals surface area contributed by atoms with Crippen molar-refractivity contribution in [1.82, 2.24) is 4.90 Å². The van der Waals surface area contributed by atoms with Gasteiger partial charge in [-0.05, 0) is 43.8 Å². The van der Waals surface area contributed by atoms with E-state index in [2.05, 4.69) is 0 Å². The van der Waals surface area contributed by atoms with Gasteiger partial charge in [0.2, 0.25) is 0 Å². The van der Waals surface area contributed by atoms with Gasteiger partial charge in [-0.15, -0.1) is 0 Å². The first-order chi connectivity index (χ1) is 11.9. The molecule has 2 amide bonds. The first-order valence-corrected chi connectivity index (χ1v) is 8.40. The fourth-order valence-corrected chi connectivity index (χ4v) is 3.16. The Balaban J connectivity index is 2.30. The highest BCUT2D eigenvalue weighted by atomic mass is 32.2. The van der Waals surface area contributed by atoms with Crippen molar-refractivity contribution >= 4 is 35.0 Å². The molecule has 1 aliphatic heterocycles. The van der Waals surface area contributed by atoms with Crippen LogP contribution in [0.5, 0.6) is 11.5 Å². The lowest BCUT2D eigenvalue weighted by Gasteiger charge is -2.19. The maximum absolute atomic E-state index is 12.5. The predicted molar refractivity (Wildman–Crippen MR) is 93.5 cm³/mol. The third-order valence-corrected chi connectivity index (χ3v) is 4.45. The molecule has 0 saturated carbocycles. The van der Waals surface area contributed by atoms with E-state index in [1.54, 1.807) is 31.2 Å². The number of hydrogen-bond donors (Lipinski definition) is 0. The first-order valence-electron chi connectivity index (χ1n) is 7.58. The molecule has 8 heteroatoms. The monoisotopic (exact) mass is 365 g/mol. The van der Waals surface area contributed by atoms with Gasteiger partial charge in [-0.1, -0.05) is 0 Å². The molecule has 1 heterocycles. The zero-order valence-electron chi connectivity index (χ0n) is 14.4. The second-order valence-corrected chi connectivity index (χ2v) is 6.08. The van der Waals surface area contributed by atoms with E-state index in [9.17, 15) is 14.4 Å². The lowest BCUT2D eigenvalue weighted by atomic mass is 10.1. The van der Waals surface area contributed by atoms with Gasteiger partial charge in [0.1, 0.15) is 17.5 Å². The SMILES string of the molecule is CCOC(=O)[C@@H](C)N1C(=O)S/C(=C/c2ccc(OC)cc2OC)C1=O. The van der Waals surface area contributed by atoms with E-state index in [1.165, 1.54) is 21.1 Å². The summed E-state index contributed by atoms with van der Waals surface area (Å²) < 4.78 is 15.3. The number of benzene rings is 1. The smallest absolute Gasteiger partial charge is 0.329 e. The van der Waals surface area contributed by atoms with Crippen molar-refractivity contribution in [2.75, 3.05) is 20.8 Å². The maximum atomic E-state index is 12.5. The number of methoxy groups -OCH3 is 2. The molecule has 0 radical (unpaired) electrons. The number of amides is 2. The molecule has 0 bridgehead atoms. The van der Waals surface area contributed by atoms with Crippen molar-refractivity contribution in [3.63, 3.8) is 0 Å². The van der Waals surface area contributed by atoms with E-state index in [1.807, 2.05) is 0 Å². The first kappa shape index (κ1) is 18.9. The van der Waals surface area contributed by atoms with Crippen LogP contribution < -0.4 is 9.47 Å². The van der Waals surface area contributed by atoms with Crippen LogP contribution in [0.4, 0.5) is 4.79 Å². The van der Waals surface area contributed by atoms with E-state index in [0.717, 1.165) is 16.7 Å². The minimum atomic E-state index is -0.976. The summed E-state index contributed by atoms with van der Waals surface area (Å²) in [4.78, 5) is 37.6. The number of imide groups is 1. The predicted octanol–water partition coefficient (Wildman–Crippen LogP) is 2.69. The molecule has 134 valence electrons.